The van der Waals surface area contributed by atoms with E-state index in [2.05, 4.69) is 20.6 Å². The van der Waals surface area contributed by atoms with Crippen molar-refractivity contribution in [2.24, 2.45) is 5.14 Å². The first kappa shape index (κ1) is 26.8. The van der Waals surface area contributed by atoms with E-state index in [1.165, 1.54) is 30.6 Å². The lowest BCUT2D eigenvalue weighted by atomic mass is 10.2. The first-order chi connectivity index (χ1) is 18.2. The van der Waals surface area contributed by atoms with Crippen LogP contribution in [0.25, 0.3) is 10.9 Å². The maximum Gasteiger partial charge on any atom is 0.238 e. The zero-order chi connectivity index (χ0) is 27.1. The Morgan fingerprint density at radius 1 is 0.974 bits per heavy atom. The number of nitrogens with two attached hydrogens (primary N) is 1. The Hall–Kier alpha value is -4.22. The first-order valence-electron chi connectivity index (χ1n) is 11.9. The normalized spacial score (nSPS) is 11.2. The number of rotatable bonds is 11. The molecule has 0 spiro atoms. The molecule has 4 rings (SSSR count). The number of aryl methyl sites for hydroxylation is 1. The molecule has 0 radical (unpaired) electrons. The minimum absolute atomic E-state index is 0.0126. The number of benzene rings is 3. The summed E-state index contributed by atoms with van der Waals surface area (Å²) in [4.78, 5) is 21.0. The van der Waals surface area contributed by atoms with Gasteiger partial charge in [-0.2, -0.15) is 0 Å². The van der Waals surface area contributed by atoms with Crippen LogP contribution >= 0.6 is 0 Å². The molecule has 0 aliphatic carbocycles. The van der Waals surface area contributed by atoms with E-state index in [0.29, 0.717) is 48.0 Å². The number of nitrogens with zero attached hydrogens (tertiary/aromatic N) is 2. The van der Waals surface area contributed by atoms with Gasteiger partial charge in [-0.1, -0.05) is 12.1 Å². The van der Waals surface area contributed by atoms with Crippen LogP contribution in [0, 0.1) is 6.92 Å². The summed E-state index contributed by atoms with van der Waals surface area (Å²) in [5.41, 5.74) is 3.26. The minimum Gasteiger partial charge on any atom is -0.493 e. The molecule has 38 heavy (non-hydrogen) atoms. The Bertz CT molecular complexity index is 1540. The monoisotopic (exact) mass is 535 g/mol. The smallest absolute Gasteiger partial charge is 0.238 e. The summed E-state index contributed by atoms with van der Waals surface area (Å²) in [7, 11) is -2.20. The van der Waals surface area contributed by atoms with Crippen LogP contribution in [0.5, 0.6) is 11.5 Å². The summed E-state index contributed by atoms with van der Waals surface area (Å²) >= 11 is 0. The SMILES string of the molecule is COc1cc2ncnc(Nc3cccc(C)c3)c2cc1OCCCCC(=O)Nc1ccc(S(N)(=O)=O)cc1. The number of hydrogen-bond donors (Lipinski definition) is 3. The molecule has 1 amide bonds. The third kappa shape index (κ3) is 6.96. The number of unbranched alkanes of at least 4 members (excludes halogenated alkanes) is 1. The summed E-state index contributed by atoms with van der Waals surface area (Å²) in [6.07, 6.45) is 3.02. The number of sulfonamides is 1. The number of methoxy groups -OCH3 is 1. The highest BCUT2D eigenvalue weighted by Crippen LogP contribution is 2.35. The number of fused-ring (bicyclic) bond motifs is 1. The number of aromatic nitrogens is 2. The summed E-state index contributed by atoms with van der Waals surface area (Å²) in [5, 5.41) is 12.0. The van der Waals surface area contributed by atoms with Gasteiger partial charge in [0.25, 0.3) is 0 Å². The fraction of sp³-hybridized carbons (Fsp3) is 0.222. The van der Waals surface area contributed by atoms with Gasteiger partial charge in [0.1, 0.15) is 12.1 Å². The van der Waals surface area contributed by atoms with Gasteiger partial charge in [0.2, 0.25) is 15.9 Å². The van der Waals surface area contributed by atoms with E-state index < -0.39 is 10.0 Å². The minimum atomic E-state index is -3.77. The largest absolute Gasteiger partial charge is 0.493 e. The Balaban J connectivity index is 1.34. The molecule has 11 heteroatoms. The second kappa shape index (κ2) is 11.9. The van der Waals surface area contributed by atoms with Gasteiger partial charge in [0.05, 0.1) is 24.1 Å². The van der Waals surface area contributed by atoms with Gasteiger partial charge in [-0.25, -0.2) is 23.5 Å². The number of ether oxygens (including phenoxy) is 2. The third-order valence-corrected chi connectivity index (χ3v) is 6.65. The molecule has 4 aromatic rings. The van der Waals surface area contributed by atoms with Crippen molar-refractivity contribution in [3.8, 4) is 11.5 Å². The van der Waals surface area contributed by atoms with Gasteiger partial charge >= 0.3 is 0 Å². The van der Waals surface area contributed by atoms with Crippen LogP contribution in [-0.2, 0) is 14.8 Å². The molecule has 0 atom stereocenters. The molecule has 10 nitrogen and oxygen atoms in total. The van der Waals surface area contributed by atoms with Crippen LogP contribution < -0.4 is 25.2 Å². The topological polar surface area (TPSA) is 146 Å². The lowest BCUT2D eigenvalue weighted by Crippen LogP contribution is -2.13. The number of nitrogens with one attached hydrogen (secondary N) is 2. The van der Waals surface area contributed by atoms with E-state index in [1.54, 1.807) is 7.11 Å². The predicted molar refractivity (Wildman–Crippen MR) is 146 cm³/mol. The van der Waals surface area contributed by atoms with Crippen LogP contribution in [0.4, 0.5) is 17.2 Å². The van der Waals surface area contributed by atoms with Gasteiger partial charge in [0.15, 0.2) is 11.5 Å². The van der Waals surface area contributed by atoms with Crippen molar-refractivity contribution in [2.75, 3.05) is 24.4 Å². The standard InChI is InChI=1S/C27H29N5O5S/c1-18-6-5-7-20(14-18)32-27-22-15-25(24(36-2)16-23(22)29-17-30-27)37-13-4-3-8-26(33)31-19-9-11-21(12-10-19)38(28,34)35/h5-7,9-12,14-17H,3-4,8,13H2,1-2H3,(H,31,33)(H2,28,34,35)(H,29,30,32). The van der Waals surface area contributed by atoms with Crippen LogP contribution in [0.15, 0.2) is 71.9 Å². The van der Waals surface area contributed by atoms with Crippen molar-refractivity contribution in [3.05, 3.63) is 72.6 Å². The highest BCUT2D eigenvalue weighted by atomic mass is 32.2. The van der Waals surface area contributed by atoms with Crippen LogP contribution in [0.2, 0.25) is 0 Å². The highest BCUT2D eigenvalue weighted by molar-refractivity contribution is 7.89. The molecule has 3 aromatic carbocycles. The number of primary sulfonamides is 1. The first-order valence-corrected chi connectivity index (χ1v) is 13.5. The Labute approximate surface area is 221 Å². The summed E-state index contributed by atoms with van der Waals surface area (Å²) < 4.78 is 34.2. The van der Waals surface area contributed by atoms with E-state index in [1.807, 2.05) is 43.3 Å². The van der Waals surface area contributed by atoms with Crippen molar-refractivity contribution < 1.29 is 22.7 Å². The molecule has 0 fully saturated rings. The van der Waals surface area contributed by atoms with Crippen molar-refractivity contribution in [1.29, 1.82) is 0 Å². The molecule has 0 saturated carbocycles. The fourth-order valence-corrected chi connectivity index (χ4v) is 4.33. The van der Waals surface area contributed by atoms with Gasteiger partial charge in [0, 0.05) is 29.2 Å². The summed E-state index contributed by atoms with van der Waals surface area (Å²) in [6, 6.07) is 17.4. The van der Waals surface area contributed by atoms with Crippen LogP contribution in [0.3, 0.4) is 0 Å². The Morgan fingerprint density at radius 2 is 1.76 bits per heavy atom. The second-order valence-corrected chi connectivity index (χ2v) is 10.2. The van der Waals surface area contributed by atoms with Gasteiger partial charge < -0.3 is 20.1 Å². The molecule has 1 heterocycles. The number of hydrogen-bond acceptors (Lipinski definition) is 8. The van der Waals surface area contributed by atoms with Crippen LogP contribution in [0.1, 0.15) is 24.8 Å². The van der Waals surface area contributed by atoms with E-state index in [4.69, 9.17) is 14.6 Å². The number of carbonyl (C=O) groups is 1. The van der Waals surface area contributed by atoms with Crippen molar-refractivity contribution in [3.63, 3.8) is 0 Å². The zero-order valence-corrected chi connectivity index (χ0v) is 21.9. The molecule has 0 aliphatic heterocycles. The van der Waals surface area contributed by atoms with Gasteiger partial charge in [-0.3, -0.25) is 4.79 Å². The van der Waals surface area contributed by atoms with Crippen LogP contribution in [-0.4, -0.2) is 38.0 Å². The Morgan fingerprint density at radius 3 is 2.47 bits per heavy atom. The molecule has 0 unspecified atom stereocenters. The van der Waals surface area contributed by atoms with Gasteiger partial charge in [-0.15, -0.1) is 0 Å². The van der Waals surface area contributed by atoms with Crippen molar-refractivity contribution in [2.45, 2.75) is 31.1 Å². The molecular weight excluding hydrogens is 506 g/mol. The molecule has 198 valence electrons. The lowest BCUT2D eigenvalue weighted by molar-refractivity contribution is -0.116. The third-order valence-electron chi connectivity index (χ3n) is 5.72. The second-order valence-electron chi connectivity index (χ2n) is 8.66. The summed E-state index contributed by atoms with van der Waals surface area (Å²) in [6.45, 7) is 2.41. The van der Waals surface area contributed by atoms with Crippen molar-refractivity contribution in [1.82, 2.24) is 9.97 Å². The van der Waals surface area contributed by atoms with E-state index in [0.717, 1.165) is 16.6 Å². The molecule has 1 aromatic heterocycles. The molecule has 0 aliphatic rings. The van der Waals surface area contributed by atoms with E-state index >= 15 is 0 Å². The number of carbonyl (C=O) groups excluding carboxylic acids is 1. The van der Waals surface area contributed by atoms with E-state index in [9.17, 15) is 13.2 Å². The maximum absolute atomic E-state index is 12.2. The predicted octanol–water partition coefficient (Wildman–Crippen LogP) is 4.53. The summed E-state index contributed by atoms with van der Waals surface area (Å²) in [5.74, 6) is 1.59. The van der Waals surface area contributed by atoms with E-state index in [-0.39, 0.29) is 17.2 Å². The lowest BCUT2D eigenvalue weighted by Gasteiger charge is -2.14. The zero-order valence-electron chi connectivity index (χ0n) is 21.1. The average Bonchev–Trinajstić information content (AvgIpc) is 2.88. The molecule has 0 saturated heterocycles. The molecular formula is C27H29N5O5S. The fourth-order valence-electron chi connectivity index (χ4n) is 3.82. The maximum atomic E-state index is 12.2. The quantitative estimate of drug-likeness (QED) is 0.238. The Kier molecular flexibility index (Phi) is 8.39. The number of anilines is 3. The average molecular weight is 536 g/mol. The van der Waals surface area contributed by atoms with Gasteiger partial charge in [-0.05, 0) is 67.8 Å². The molecule has 4 N–H and O–H groups in total. The van der Waals surface area contributed by atoms with Crippen molar-refractivity contribution >= 4 is 44.0 Å². The molecule has 0 bridgehead atoms. The number of amides is 1. The highest BCUT2D eigenvalue weighted by Gasteiger charge is 2.13.